The second-order valence-electron chi connectivity index (χ2n) is 6.32. The van der Waals surface area contributed by atoms with Gasteiger partial charge in [0, 0.05) is 31.7 Å². The predicted octanol–water partition coefficient (Wildman–Crippen LogP) is 0.951. The van der Waals surface area contributed by atoms with Crippen LogP contribution in [0.4, 0.5) is 4.79 Å². The normalized spacial score (nSPS) is 35.6. The lowest BCUT2D eigenvalue weighted by Gasteiger charge is -2.45. The molecule has 3 heterocycles. The molecule has 0 aromatic carbocycles. The van der Waals surface area contributed by atoms with E-state index in [0.717, 1.165) is 45.6 Å². The lowest BCUT2D eigenvalue weighted by atomic mass is 9.74. The quantitative estimate of drug-likeness (QED) is 0.744. The molecule has 2 amide bonds. The molecule has 5 heteroatoms. The Balaban J connectivity index is 1.56. The van der Waals surface area contributed by atoms with Crippen molar-refractivity contribution in [2.75, 3.05) is 39.4 Å². The van der Waals surface area contributed by atoms with Gasteiger partial charge >= 0.3 is 6.03 Å². The third-order valence-electron chi connectivity index (χ3n) is 4.77. The molecule has 2 unspecified atom stereocenters. The maximum Gasteiger partial charge on any atom is 0.317 e. The number of rotatable bonds is 1. The zero-order chi connectivity index (χ0) is 13.1. The Kier molecular flexibility index (Phi) is 3.93. The average molecular weight is 267 g/mol. The molecule has 0 saturated carbocycles. The van der Waals surface area contributed by atoms with E-state index in [1.54, 1.807) is 0 Å². The molecule has 2 N–H and O–H groups in total. The summed E-state index contributed by atoms with van der Waals surface area (Å²) in [5.74, 6) is 0. The van der Waals surface area contributed by atoms with Crippen LogP contribution in [0.15, 0.2) is 0 Å². The van der Waals surface area contributed by atoms with Crippen molar-refractivity contribution in [2.45, 2.75) is 38.1 Å². The summed E-state index contributed by atoms with van der Waals surface area (Å²) in [6.45, 7) is 5.47. The fourth-order valence-corrected chi connectivity index (χ4v) is 3.67. The largest absolute Gasteiger partial charge is 0.379 e. The van der Waals surface area contributed by atoms with Crippen molar-refractivity contribution < 1.29 is 9.53 Å². The first-order valence-corrected chi connectivity index (χ1v) is 7.61. The van der Waals surface area contributed by atoms with Gasteiger partial charge in [0.1, 0.15) is 0 Å². The van der Waals surface area contributed by atoms with Crippen molar-refractivity contribution in [3.05, 3.63) is 0 Å². The summed E-state index contributed by atoms with van der Waals surface area (Å²) in [5, 5.41) is 6.61. The van der Waals surface area contributed by atoms with Crippen molar-refractivity contribution in [1.29, 1.82) is 0 Å². The molecule has 3 aliphatic heterocycles. The second kappa shape index (κ2) is 5.67. The topological polar surface area (TPSA) is 53.6 Å². The zero-order valence-corrected chi connectivity index (χ0v) is 11.6. The Morgan fingerprint density at radius 3 is 3.00 bits per heavy atom. The number of nitrogens with one attached hydrogen (secondary N) is 2. The molecule has 108 valence electrons. The minimum absolute atomic E-state index is 0.111. The molecule has 2 atom stereocenters. The van der Waals surface area contributed by atoms with Gasteiger partial charge in [0.25, 0.3) is 0 Å². The van der Waals surface area contributed by atoms with Crippen LogP contribution in [0.25, 0.3) is 0 Å². The van der Waals surface area contributed by atoms with Crippen molar-refractivity contribution in [2.24, 2.45) is 5.41 Å². The van der Waals surface area contributed by atoms with Crippen LogP contribution >= 0.6 is 0 Å². The standard InChI is InChI=1S/C14H25N3O2/c18-13(16-12-3-8-19-9-12)17-7-2-5-14(11-17)4-1-6-15-10-14/h12,15H,1-11H2,(H,16,18). The Morgan fingerprint density at radius 2 is 2.26 bits per heavy atom. The van der Waals surface area contributed by atoms with E-state index in [9.17, 15) is 4.79 Å². The minimum Gasteiger partial charge on any atom is -0.379 e. The van der Waals surface area contributed by atoms with Gasteiger partial charge in [-0.15, -0.1) is 0 Å². The SMILES string of the molecule is O=C(NC1CCOC1)N1CCCC2(CCCNC2)C1. The summed E-state index contributed by atoms with van der Waals surface area (Å²) in [7, 11) is 0. The van der Waals surface area contributed by atoms with Gasteiger partial charge in [-0.1, -0.05) is 0 Å². The highest BCUT2D eigenvalue weighted by atomic mass is 16.5. The third kappa shape index (κ3) is 3.03. The molecule has 5 nitrogen and oxygen atoms in total. The van der Waals surface area contributed by atoms with E-state index in [0.29, 0.717) is 12.0 Å². The lowest BCUT2D eigenvalue weighted by molar-refractivity contribution is 0.0799. The predicted molar refractivity (Wildman–Crippen MR) is 73.1 cm³/mol. The van der Waals surface area contributed by atoms with Gasteiger partial charge in [-0.3, -0.25) is 0 Å². The van der Waals surface area contributed by atoms with Crippen molar-refractivity contribution >= 4 is 6.03 Å². The monoisotopic (exact) mass is 267 g/mol. The molecular weight excluding hydrogens is 242 g/mol. The molecule has 0 radical (unpaired) electrons. The maximum absolute atomic E-state index is 12.3. The van der Waals surface area contributed by atoms with Crippen LogP contribution in [-0.4, -0.2) is 56.4 Å². The number of hydrogen-bond acceptors (Lipinski definition) is 3. The summed E-state index contributed by atoms with van der Waals surface area (Å²) in [6, 6.07) is 0.329. The van der Waals surface area contributed by atoms with E-state index in [2.05, 4.69) is 10.6 Å². The number of nitrogens with zero attached hydrogens (tertiary/aromatic N) is 1. The highest BCUT2D eigenvalue weighted by molar-refractivity contribution is 5.74. The van der Waals surface area contributed by atoms with Gasteiger partial charge in [0.15, 0.2) is 0 Å². The molecule has 3 fully saturated rings. The molecular formula is C14H25N3O2. The maximum atomic E-state index is 12.3. The Morgan fingerprint density at radius 1 is 1.37 bits per heavy atom. The first-order chi connectivity index (χ1) is 9.27. The van der Waals surface area contributed by atoms with Gasteiger partial charge in [-0.05, 0) is 38.6 Å². The fraction of sp³-hybridized carbons (Fsp3) is 0.929. The number of likely N-dealkylation sites (tertiary alicyclic amines) is 1. The molecule has 3 aliphatic rings. The molecule has 1 spiro atoms. The van der Waals surface area contributed by atoms with Crippen LogP contribution in [0.2, 0.25) is 0 Å². The van der Waals surface area contributed by atoms with Gasteiger partial charge < -0.3 is 20.3 Å². The number of ether oxygens (including phenoxy) is 1. The number of hydrogen-bond donors (Lipinski definition) is 2. The Bertz CT molecular complexity index is 317. The zero-order valence-electron chi connectivity index (χ0n) is 11.6. The number of urea groups is 1. The summed E-state index contributed by atoms with van der Waals surface area (Å²) in [5.41, 5.74) is 0.333. The first kappa shape index (κ1) is 13.2. The van der Waals surface area contributed by atoms with Crippen LogP contribution in [0.1, 0.15) is 32.1 Å². The second-order valence-corrected chi connectivity index (χ2v) is 6.32. The van der Waals surface area contributed by atoms with Gasteiger partial charge in [0.05, 0.1) is 12.6 Å². The van der Waals surface area contributed by atoms with Gasteiger partial charge in [0.2, 0.25) is 0 Å². The van der Waals surface area contributed by atoms with E-state index in [-0.39, 0.29) is 12.1 Å². The summed E-state index contributed by atoms with van der Waals surface area (Å²) < 4.78 is 5.31. The van der Waals surface area contributed by atoms with Crippen molar-refractivity contribution in [3.63, 3.8) is 0 Å². The van der Waals surface area contributed by atoms with Crippen LogP contribution in [0.5, 0.6) is 0 Å². The number of carbonyl (C=O) groups excluding carboxylic acids is 1. The van der Waals surface area contributed by atoms with Gasteiger partial charge in [-0.25, -0.2) is 4.79 Å². The van der Waals surface area contributed by atoms with E-state index in [1.165, 1.54) is 19.3 Å². The third-order valence-corrected chi connectivity index (χ3v) is 4.77. The van der Waals surface area contributed by atoms with Gasteiger partial charge in [-0.2, -0.15) is 0 Å². The molecule has 0 aliphatic carbocycles. The van der Waals surface area contributed by atoms with Crippen LogP contribution in [0, 0.1) is 5.41 Å². The van der Waals surface area contributed by atoms with E-state index in [4.69, 9.17) is 4.74 Å². The van der Waals surface area contributed by atoms with Crippen molar-refractivity contribution in [3.8, 4) is 0 Å². The molecule has 19 heavy (non-hydrogen) atoms. The number of amides is 2. The molecule has 0 bridgehead atoms. The average Bonchev–Trinajstić information content (AvgIpc) is 2.92. The highest BCUT2D eigenvalue weighted by Gasteiger charge is 2.38. The van der Waals surface area contributed by atoms with E-state index < -0.39 is 0 Å². The number of piperidine rings is 2. The molecule has 0 aromatic rings. The Hall–Kier alpha value is -0.810. The molecule has 3 saturated heterocycles. The summed E-state index contributed by atoms with van der Waals surface area (Å²) in [4.78, 5) is 14.3. The Labute approximate surface area is 115 Å². The lowest BCUT2D eigenvalue weighted by Crippen LogP contribution is -2.55. The smallest absolute Gasteiger partial charge is 0.317 e. The fourth-order valence-electron chi connectivity index (χ4n) is 3.67. The first-order valence-electron chi connectivity index (χ1n) is 7.61. The molecule has 0 aromatic heterocycles. The van der Waals surface area contributed by atoms with E-state index >= 15 is 0 Å². The minimum atomic E-state index is 0.111. The highest BCUT2D eigenvalue weighted by Crippen LogP contribution is 2.35. The molecule has 3 rings (SSSR count). The summed E-state index contributed by atoms with van der Waals surface area (Å²) >= 11 is 0. The van der Waals surface area contributed by atoms with Crippen LogP contribution in [0.3, 0.4) is 0 Å². The summed E-state index contributed by atoms with van der Waals surface area (Å²) in [6.07, 6.45) is 5.85. The van der Waals surface area contributed by atoms with E-state index in [1.807, 2.05) is 4.90 Å². The van der Waals surface area contributed by atoms with Crippen molar-refractivity contribution in [1.82, 2.24) is 15.5 Å². The van der Waals surface area contributed by atoms with Crippen LogP contribution < -0.4 is 10.6 Å². The van der Waals surface area contributed by atoms with Crippen LogP contribution in [-0.2, 0) is 4.74 Å². The number of carbonyl (C=O) groups is 1.